The van der Waals surface area contributed by atoms with Crippen molar-refractivity contribution in [2.24, 2.45) is 5.92 Å². The second-order valence-electron chi connectivity index (χ2n) is 7.23. The van der Waals surface area contributed by atoms with Crippen LogP contribution in [-0.2, 0) is 0 Å². The van der Waals surface area contributed by atoms with Gasteiger partial charge in [-0.2, -0.15) is 0 Å². The monoisotopic (exact) mass is 348 g/mol. The summed E-state index contributed by atoms with van der Waals surface area (Å²) >= 11 is 0. The molecule has 4 heteroatoms. The van der Waals surface area contributed by atoms with Crippen LogP contribution in [0.15, 0.2) is 54.6 Å². The first-order valence-corrected chi connectivity index (χ1v) is 8.87. The highest BCUT2D eigenvalue weighted by Gasteiger charge is 2.45. The molecular weight excluding hydrogens is 328 g/mol. The summed E-state index contributed by atoms with van der Waals surface area (Å²) in [4.78, 5) is 0. The summed E-state index contributed by atoms with van der Waals surface area (Å²) in [5.74, 6) is 0.602. The molecule has 2 heterocycles. The molecule has 3 atom stereocenters. The van der Waals surface area contributed by atoms with Crippen molar-refractivity contribution in [1.82, 2.24) is 0 Å². The van der Waals surface area contributed by atoms with Crippen LogP contribution in [0, 0.1) is 5.92 Å². The molecule has 4 nitrogen and oxygen atoms in total. The van der Waals surface area contributed by atoms with Crippen molar-refractivity contribution >= 4 is 10.8 Å². The second-order valence-corrected chi connectivity index (χ2v) is 7.23. The van der Waals surface area contributed by atoms with E-state index in [0.29, 0.717) is 11.5 Å². The van der Waals surface area contributed by atoms with E-state index in [4.69, 9.17) is 14.2 Å². The van der Waals surface area contributed by atoms with Crippen molar-refractivity contribution in [1.29, 1.82) is 0 Å². The standard InChI is InChI=1S/C22H20O4/c1-13-21(16-9-5-7-14-6-3-4-8-15(14)16)17-10-19-20(25-12-24-19)11-18(17)26-22(13,2)23/h3-11,13,21,23H,12H2,1-2H3. The van der Waals surface area contributed by atoms with E-state index < -0.39 is 5.79 Å². The van der Waals surface area contributed by atoms with Gasteiger partial charge in [0.05, 0.1) is 0 Å². The SMILES string of the molecule is CC1C(c2cccc3ccccc23)c2cc3c(cc2OC1(C)O)OCO3. The third-order valence-corrected chi connectivity index (χ3v) is 5.66. The van der Waals surface area contributed by atoms with Crippen molar-refractivity contribution in [2.75, 3.05) is 6.79 Å². The highest BCUT2D eigenvalue weighted by Crippen LogP contribution is 2.52. The predicted molar refractivity (Wildman–Crippen MR) is 98.8 cm³/mol. The van der Waals surface area contributed by atoms with Gasteiger partial charge in [0, 0.05) is 30.4 Å². The maximum Gasteiger partial charge on any atom is 0.231 e. The number of ether oxygens (including phenoxy) is 3. The van der Waals surface area contributed by atoms with Crippen molar-refractivity contribution in [3.63, 3.8) is 0 Å². The Morgan fingerprint density at radius 1 is 0.923 bits per heavy atom. The Labute approximate surface area is 151 Å². The van der Waals surface area contributed by atoms with Gasteiger partial charge in [0.1, 0.15) is 5.75 Å². The first kappa shape index (κ1) is 15.5. The van der Waals surface area contributed by atoms with Crippen molar-refractivity contribution < 1.29 is 19.3 Å². The number of rotatable bonds is 1. The molecule has 26 heavy (non-hydrogen) atoms. The molecule has 132 valence electrons. The van der Waals surface area contributed by atoms with Crippen LogP contribution in [0.2, 0.25) is 0 Å². The molecule has 0 radical (unpaired) electrons. The van der Waals surface area contributed by atoms with Gasteiger partial charge in [0.15, 0.2) is 11.5 Å². The number of hydrogen-bond donors (Lipinski definition) is 1. The lowest BCUT2D eigenvalue weighted by Gasteiger charge is -2.42. The predicted octanol–water partition coefficient (Wildman–Crippen LogP) is 4.44. The first-order valence-electron chi connectivity index (χ1n) is 8.87. The Bertz CT molecular complexity index is 1000. The van der Waals surface area contributed by atoms with Crippen LogP contribution in [0.3, 0.4) is 0 Å². The molecule has 0 saturated carbocycles. The van der Waals surface area contributed by atoms with E-state index in [-0.39, 0.29) is 18.6 Å². The molecule has 0 aromatic heterocycles. The third kappa shape index (κ3) is 2.19. The van der Waals surface area contributed by atoms with E-state index in [9.17, 15) is 5.11 Å². The third-order valence-electron chi connectivity index (χ3n) is 5.66. The smallest absolute Gasteiger partial charge is 0.231 e. The first-order chi connectivity index (χ1) is 12.5. The fourth-order valence-corrected chi connectivity index (χ4v) is 4.12. The van der Waals surface area contributed by atoms with Gasteiger partial charge in [0.25, 0.3) is 0 Å². The van der Waals surface area contributed by atoms with Gasteiger partial charge in [-0.3, -0.25) is 0 Å². The normalized spacial score (nSPS) is 26.4. The number of hydrogen-bond acceptors (Lipinski definition) is 4. The number of aliphatic hydroxyl groups is 1. The van der Waals surface area contributed by atoms with E-state index in [1.165, 1.54) is 16.3 Å². The van der Waals surface area contributed by atoms with Crippen LogP contribution in [0.1, 0.15) is 30.9 Å². The lowest BCUT2D eigenvalue weighted by atomic mass is 9.74. The fourth-order valence-electron chi connectivity index (χ4n) is 4.12. The van der Waals surface area contributed by atoms with E-state index in [2.05, 4.69) is 36.4 Å². The molecule has 0 fully saturated rings. The van der Waals surface area contributed by atoms with E-state index in [1.807, 2.05) is 25.1 Å². The maximum absolute atomic E-state index is 10.9. The molecule has 0 bridgehead atoms. The van der Waals surface area contributed by atoms with Gasteiger partial charge in [-0.25, -0.2) is 0 Å². The summed E-state index contributed by atoms with van der Waals surface area (Å²) in [5, 5.41) is 13.3. The minimum Gasteiger partial charge on any atom is -0.462 e. The van der Waals surface area contributed by atoms with E-state index >= 15 is 0 Å². The van der Waals surface area contributed by atoms with Crippen LogP contribution in [0.4, 0.5) is 0 Å². The lowest BCUT2D eigenvalue weighted by molar-refractivity contribution is -0.171. The van der Waals surface area contributed by atoms with Gasteiger partial charge in [-0.15, -0.1) is 0 Å². The Balaban J connectivity index is 1.78. The Kier molecular flexibility index (Phi) is 3.22. The average molecular weight is 348 g/mol. The topological polar surface area (TPSA) is 47.9 Å². The van der Waals surface area contributed by atoms with Crippen LogP contribution < -0.4 is 14.2 Å². The molecular formula is C22H20O4. The van der Waals surface area contributed by atoms with Gasteiger partial charge in [-0.05, 0) is 22.4 Å². The summed E-state index contributed by atoms with van der Waals surface area (Å²) in [6.07, 6.45) is 0. The molecule has 2 aliphatic rings. The zero-order valence-electron chi connectivity index (χ0n) is 14.7. The van der Waals surface area contributed by atoms with E-state index in [0.717, 1.165) is 11.3 Å². The summed E-state index contributed by atoms with van der Waals surface area (Å²) in [5.41, 5.74) is 2.20. The van der Waals surface area contributed by atoms with Crippen LogP contribution in [0.25, 0.3) is 10.8 Å². The summed E-state index contributed by atoms with van der Waals surface area (Å²) in [7, 11) is 0. The minimum absolute atomic E-state index is 0.0191. The van der Waals surface area contributed by atoms with Crippen LogP contribution in [-0.4, -0.2) is 17.7 Å². The quantitative estimate of drug-likeness (QED) is 0.706. The Morgan fingerprint density at radius 2 is 1.65 bits per heavy atom. The van der Waals surface area contributed by atoms with Crippen molar-refractivity contribution in [3.8, 4) is 17.2 Å². The van der Waals surface area contributed by atoms with Gasteiger partial charge >= 0.3 is 0 Å². The Hall–Kier alpha value is -2.72. The summed E-state index contributed by atoms with van der Waals surface area (Å²) < 4.78 is 17.0. The molecule has 5 rings (SSSR count). The van der Waals surface area contributed by atoms with Crippen LogP contribution >= 0.6 is 0 Å². The molecule has 0 aliphatic carbocycles. The minimum atomic E-state index is -1.28. The zero-order valence-corrected chi connectivity index (χ0v) is 14.7. The van der Waals surface area contributed by atoms with Crippen LogP contribution in [0.5, 0.6) is 17.2 Å². The molecule has 3 unspecified atom stereocenters. The zero-order chi connectivity index (χ0) is 17.9. The second kappa shape index (κ2) is 5.39. The molecule has 2 aliphatic heterocycles. The molecule has 3 aromatic rings. The highest BCUT2D eigenvalue weighted by atomic mass is 16.7. The van der Waals surface area contributed by atoms with E-state index in [1.54, 1.807) is 6.92 Å². The maximum atomic E-state index is 10.9. The number of fused-ring (bicyclic) bond motifs is 3. The fraction of sp³-hybridized carbons (Fsp3) is 0.273. The van der Waals surface area contributed by atoms with Crippen molar-refractivity contribution in [3.05, 3.63) is 65.7 Å². The highest BCUT2D eigenvalue weighted by molar-refractivity contribution is 5.87. The van der Waals surface area contributed by atoms with Gasteiger partial charge < -0.3 is 19.3 Å². The molecule has 1 N–H and O–H groups in total. The summed E-state index contributed by atoms with van der Waals surface area (Å²) in [6.45, 7) is 3.96. The average Bonchev–Trinajstić information content (AvgIpc) is 3.08. The largest absolute Gasteiger partial charge is 0.462 e. The molecule has 0 spiro atoms. The Morgan fingerprint density at radius 3 is 2.50 bits per heavy atom. The molecule has 0 saturated heterocycles. The summed E-state index contributed by atoms with van der Waals surface area (Å²) in [6, 6.07) is 18.5. The molecule has 3 aromatic carbocycles. The lowest BCUT2D eigenvalue weighted by Crippen LogP contribution is -2.45. The number of benzene rings is 3. The van der Waals surface area contributed by atoms with Gasteiger partial charge in [0.2, 0.25) is 12.6 Å². The molecule has 0 amide bonds. The van der Waals surface area contributed by atoms with Gasteiger partial charge in [-0.1, -0.05) is 49.4 Å². The van der Waals surface area contributed by atoms with Crippen molar-refractivity contribution in [2.45, 2.75) is 25.6 Å².